The number of alkyl halides is 1. The third-order valence-electron chi connectivity index (χ3n) is 6.05. The molecule has 0 saturated carbocycles. The smallest absolute Gasteiger partial charge is 0.116 e. The standard InChI is InChI=1S/C23H26ClFO2/c1-2-15-3-5-16(6-4-15)9-18-10-21-17(11-22(18)24)7-8-23(21)13-19(26)12-20(14-25)27-23/h3-6,10-11,19-20,26H,2,7-9,12-14H2,1H3/t19?,20?,23-/m1/s1. The van der Waals surface area contributed by atoms with Crippen LogP contribution in [0.2, 0.25) is 5.02 Å². The summed E-state index contributed by atoms with van der Waals surface area (Å²) in [5.74, 6) is 0. The SMILES string of the molecule is CCc1ccc(Cc2cc3c(cc2Cl)CC[C@@]32CC(O)CC(CF)O2)cc1. The summed E-state index contributed by atoms with van der Waals surface area (Å²) in [6, 6.07) is 12.8. The summed E-state index contributed by atoms with van der Waals surface area (Å²) in [7, 11) is 0. The zero-order chi connectivity index (χ0) is 19.0. The van der Waals surface area contributed by atoms with Gasteiger partial charge in [-0.25, -0.2) is 4.39 Å². The van der Waals surface area contributed by atoms with Crippen molar-refractivity contribution in [1.82, 2.24) is 0 Å². The molecule has 3 atom stereocenters. The van der Waals surface area contributed by atoms with Crippen LogP contribution in [0.4, 0.5) is 4.39 Å². The van der Waals surface area contributed by atoms with E-state index in [1.54, 1.807) is 0 Å². The molecule has 144 valence electrons. The van der Waals surface area contributed by atoms with Crippen LogP contribution in [-0.2, 0) is 29.6 Å². The van der Waals surface area contributed by atoms with E-state index in [0.717, 1.165) is 47.4 Å². The van der Waals surface area contributed by atoms with Gasteiger partial charge in [-0.15, -0.1) is 0 Å². The lowest BCUT2D eigenvalue weighted by Crippen LogP contribution is -2.43. The lowest BCUT2D eigenvalue weighted by atomic mass is 9.84. The molecule has 1 heterocycles. The fourth-order valence-corrected chi connectivity index (χ4v) is 4.87. The van der Waals surface area contributed by atoms with E-state index in [2.05, 4.69) is 37.3 Å². The summed E-state index contributed by atoms with van der Waals surface area (Å²) in [4.78, 5) is 0. The van der Waals surface area contributed by atoms with E-state index in [4.69, 9.17) is 16.3 Å². The Bertz CT molecular complexity index is 820. The zero-order valence-corrected chi connectivity index (χ0v) is 16.4. The Morgan fingerprint density at radius 1 is 1.22 bits per heavy atom. The molecule has 1 fully saturated rings. The number of fused-ring (bicyclic) bond motifs is 2. The topological polar surface area (TPSA) is 29.5 Å². The lowest BCUT2D eigenvalue weighted by Gasteiger charge is -2.41. The van der Waals surface area contributed by atoms with Gasteiger partial charge >= 0.3 is 0 Å². The third-order valence-corrected chi connectivity index (χ3v) is 6.40. The average molecular weight is 389 g/mol. The van der Waals surface area contributed by atoms with Crippen molar-refractivity contribution in [3.05, 3.63) is 69.2 Å². The number of aliphatic hydroxyl groups excluding tert-OH is 1. The molecule has 0 bridgehead atoms. The van der Waals surface area contributed by atoms with Gasteiger partial charge in [-0.2, -0.15) is 0 Å². The van der Waals surface area contributed by atoms with Crippen molar-refractivity contribution in [1.29, 1.82) is 0 Å². The Labute approximate surface area is 165 Å². The van der Waals surface area contributed by atoms with Crippen LogP contribution in [0.25, 0.3) is 0 Å². The molecule has 1 aliphatic heterocycles. The first kappa shape index (κ1) is 18.9. The largest absolute Gasteiger partial charge is 0.393 e. The van der Waals surface area contributed by atoms with Gasteiger partial charge in [-0.3, -0.25) is 0 Å². The predicted octanol–water partition coefficient (Wildman–Crippen LogP) is 5.14. The van der Waals surface area contributed by atoms with Crippen molar-refractivity contribution >= 4 is 11.6 Å². The van der Waals surface area contributed by atoms with Gasteiger partial charge < -0.3 is 9.84 Å². The molecule has 1 N–H and O–H groups in total. The van der Waals surface area contributed by atoms with E-state index in [1.807, 2.05) is 6.07 Å². The maximum atomic E-state index is 13.3. The molecule has 4 rings (SSSR count). The van der Waals surface area contributed by atoms with Crippen LogP contribution in [0.5, 0.6) is 0 Å². The molecule has 2 aromatic rings. The highest BCUT2D eigenvalue weighted by molar-refractivity contribution is 6.31. The molecule has 2 aliphatic rings. The van der Waals surface area contributed by atoms with Gasteiger partial charge in [-0.05, 0) is 59.6 Å². The molecule has 2 aromatic carbocycles. The second kappa shape index (κ2) is 7.54. The maximum Gasteiger partial charge on any atom is 0.116 e. The second-order valence-electron chi connectivity index (χ2n) is 7.93. The van der Waals surface area contributed by atoms with Crippen LogP contribution >= 0.6 is 11.6 Å². The number of aliphatic hydroxyl groups is 1. The second-order valence-corrected chi connectivity index (χ2v) is 8.34. The highest BCUT2D eigenvalue weighted by Gasteiger charge is 2.46. The van der Waals surface area contributed by atoms with Crippen LogP contribution in [0.3, 0.4) is 0 Å². The molecule has 0 amide bonds. The Hall–Kier alpha value is -1.42. The maximum absolute atomic E-state index is 13.3. The molecule has 1 saturated heterocycles. The van der Waals surface area contributed by atoms with E-state index in [9.17, 15) is 9.50 Å². The third kappa shape index (κ3) is 3.65. The van der Waals surface area contributed by atoms with Gasteiger partial charge in [0, 0.05) is 17.9 Å². The lowest BCUT2D eigenvalue weighted by molar-refractivity contribution is -0.171. The van der Waals surface area contributed by atoms with Gasteiger partial charge in [0.05, 0.1) is 17.8 Å². The van der Waals surface area contributed by atoms with Crippen molar-refractivity contribution < 1.29 is 14.2 Å². The van der Waals surface area contributed by atoms with E-state index in [-0.39, 0.29) is 0 Å². The molecule has 1 spiro atoms. The van der Waals surface area contributed by atoms with Crippen molar-refractivity contribution in [3.8, 4) is 0 Å². The molecule has 0 radical (unpaired) electrons. The monoisotopic (exact) mass is 388 g/mol. The molecular weight excluding hydrogens is 363 g/mol. The quantitative estimate of drug-likeness (QED) is 0.785. The van der Waals surface area contributed by atoms with Crippen LogP contribution in [0, 0.1) is 0 Å². The Morgan fingerprint density at radius 3 is 2.67 bits per heavy atom. The van der Waals surface area contributed by atoms with Crippen LogP contribution in [0.15, 0.2) is 36.4 Å². The van der Waals surface area contributed by atoms with Crippen LogP contribution in [-0.4, -0.2) is 24.0 Å². The average Bonchev–Trinajstić information content (AvgIpc) is 2.98. The first-order valence-corrected chi connectivity index (χ1v) is 10.2. The van der Waals surface area contributed by atoms with Crippen molar-refractivity contribution in [3.63, 3.8) is 0 Å². The summed E-state index contributed by atoms with van der Waals surface area (Å²) in [6.07, 6.45) is 3.26. The zero-order valence-electron chi connectivity index (χ0n) is 15.7. The van der Waals surface area contributed by atoms with Crippen LogP contribution < -0.4 is 0 Å². The van der Waals surface area contributed by atoms with Crippen LogP contribution in [0.1, 0.15) is 54.0 Å². The van der Waals surface area contributed by atoms with Gasteiger partial charge in [0.15, 0.2) is 0 Å². The number of aryl methyl sites for hydroxylation is 2. The first-order valence-electron chi connectivity index (χ1n) is 9.84. The van der Waals surface area contributed by atoms with E-state index in [0.29, 0.717) is 12.8 Å². The van der Waals surface area contributed by atoms with Gasteiger partial charge in [-0.1, -0.05) is 48.9 Å². The Balaban J connectivity index is 1.66. The minimum Gasteiger partial charge on any atom is -0.393 e. The van der Waals surface area contributed by atoms with E-state index in [1.165, 1.54) is 11.1 Å². The highest BCUT2D eigenvalue weighted by atomic mass is 35.5. The molecule has 1 aliphatic carbocycles. The van der Waals surface area contributed by atoms with Crippen molar-refractivity contribution in [2.24, 2.45) is 0 Å². The first-order chi connectivity index (χ1) is 13.0. The van der Waals surface area contributed by atoms with Gasteiger partial charge in [0.1, 0.15) is 6.67 Å². The number of hydrogen-bond donors (Lipinski definition) is 1. The minimum atomic E-state index is -0.574. The summed E-state index contributed by atoms with van der Waals surface area (Å²) in [5.41, 5.74) is 5.27. The number of hydrogen-bond acceptors (Lipinski definition) is 2. The van der Waals surface area contributed by atoms with E-state index < -0.39 is 24.5 Å². The number of halogens is 2. The van der Waals surface area contributed by atoms with E-state index >= 15 is 0 Å². The normalized spacial score (nSPS) is 27.1. The molecule has 0 aromatic heterocycles. The van der Waals surface area contributed by atoms with Gasteiger partial charge in [0.25, 0.3) is 0 Å². The fourth-order valence-electron chi connectivity index (χ4n) is 4.62. The summed E-state index contributed by atoms with van der Waals surface area (Å²) in [5, 5.41) is 11.1. The molecule has 2 nitrogen and oxygen atoms in total. The molecule has 27 heavy (non-hydrogen) atoms. The Kier molecular flexibility index (Phi) is 5.28. The summed E-state index contributed by atoms with van der Waals surface area (Å²) in [6.45, 7) is 1.59. The summed E-state index contributed by atoms with van der Waals surface area (Å²) >= 11 is 6.58. The number of rotatable bonds is 4. The minimum absolute atomic E-state index is 0.373. The Morgan fingerprint density at radius 2 is 1.96 bits per heavy atom. The number of benzene rings is 2. The van der Waals surface area contributed by atoms with Crippen molar-refractivity contribution in [2.45, 2.75) is 63.3 Å². The van der Waals surface area contributed by atoms with Crippen molar-refractivity contribution in [2.75, 3.05) is 6.67 Å². The fraction of sp³-hybridized carbons (Fsp3) is 0.478. The summed E-state index contributed by atoms with van der Waals surface area (Å²) < 4.78 is 19.5. The molecule has 2 unspecified atom stereocenters. The predicted molar refractivity (Wildman–Crippen MR) is 106 cm³/mol. The molecule has 4 heteroatoms. The van der Waals surface area contributed by atoms with Gasteiger partial charge in [0.2, 0.25) is 0 Å². The molecular formula is C23H26ClFO2. The number of ether oxygens (including phenoxy) is 1. The highest BCUT2D eigenvalue weighted by Crippen LogP contribution is 2.48.